The van der Waals surface area contributed by atoms with Crippen molar-refractivity contribution < 1.29 is 28.2 Å². The zero-order chi connectivity index (χ0) is 28.3. The number of ether oxygens (including phenoxy) is 3. The number of nitrogens with one attached hydrogen (secondary N) is 1. The van der Waals surface area contributed by atoms with E-state index in [9.17, 15) is 19.9 Å². The Bertz CT molecular complexity index is 1530. The highest BCUT2D eigenvalue weighted by Gasteiger charge is 2.60. The van der Waals surface area contributed by atoms with E-state index < -0.39 is 48.5 Å². The van der Waals surface area contributed by atoms with Crippen molar-refractivity contribution in [3.05, 3.63) is 104 Å². The highest BCUT2D eigenvalue weighted by atomic mass is 35.5. The highest BCUT2D eigenvalue weighted by Crippen LogP contribution is 2.42. The maximum Gasteiger partial charge on any atom is 0.351 e. The SMILES string of the molecule is [N-]=[N+]=N[C@]1(COC(=O)c2cccc(Cl)c2)O[C@@H](n2ccc(NC3CC3)nc2=O)[C@@H](F)[C@@H]1OC(=O)c1ccccc1. The van der Waals surface area contributed by atoms with E-state index in [0.717, 1.165) is 17.4 Å². The van der Waals surface area contributed by atoms with Crippen LogP contribution in [0.2, 0.25) is 5.02 Å². The molecule has 1 N–H and O–H groups in total. The molecule has 2 aliphatic rings. The van der Waals surface area contributed by atoms with Gasteiger partial charge < -0.3 is 19.5 Å². The Hall–Kier alpha value is -4.45. The zero-order valence-electron chi connectivity index (χ0n) is 20.7. The molecule has 0 unspecified atom stereocenters. The summed E-state index contributed by atoms with van der Waals surface area (Å²) < 4.78 is 33.5. The number of hydrogen-bond donors (Lipinski definition) is 1. The van der Waals surface area contributed by atoms with Gasteiger partial charge in [-0.15, -0.1) is 0 Å². The standard InChI is InChI=1S/C26H22ClFN6O6/c27-17-8-4-7-16(13-17)23(35)38-14-26(32-33-29)21(39-24(36)15-5-2-1-3-6-15)20(28)22(40-26)34-12-11-19(31-25(34)37)30-18-9-10-18/h1-8,11-13,18,20-22H,9-10,14H2,(H,30,31,37)/t20-,21-,22+,26+/m0/s1. The van der Waals surface area contributed by atoms with Gasteiger partial charge in [0.05, 0.1) is 11.1 Å². The number of nitrogens with zero attached hydrogens (tertiary/aromatic N) is 5. The third-order valence-electron chi connectivity index (χ3n) is 6.29. The van der Waals surface area contributed by atoms with Crippen LogP contribution < -0.4 is 11.0 Å². The van der Waals surface area contributed by atoms with Gasteiger partial charge >= 0.3 is 17.6 Å². The van der Waals surface area contributed by atoms with Crippen LogP contribution in [0.5, 0.6) is 0 Å². The number of carbonyl (C=O) groups is 2. The summed E-state index contributed by atoms with van der Waals surface area (Å²) in [4.78, 5) is 45.1. The van der Waals surface area contributed by atoms with E-state index >= 15 is 4.39 Å². The van der Waals surface area contributed by atoms with Crippen molar-refractivity contribution in [1.82, 2.24) is 9.55 Å². The molecule has 1 aliphatic carbocycles. The van der Waals surface area contributed by atoms with Crippen molar-refractivity contribution >= 4 is 29.4 Å². The molecule has 0 radical (unpaired) electrons. The van der Waals surface area contributed by atoms with Crippen molar-refractivity contribution in [2.45, 2.75) is 43.1 Å². The molecular weight excluding hydrogens is 547 g/mol. The fourth-order valence-corrected chi connectivity index (χ4v) is 4.35. The summed E-state index contributed by atoms with van der Waals surface area (Å²) in [6.07, 6.45) is -2.73. The second-order valence-corrected chi connectivity index (χ2v) is 9.62. The third-order valence-corrected chi connectivity index (χ3v) is 6.53. The first-order chi connectivity index (χ1) is 19.3. The Morgan fingerprint density at radius 2 is 1.93 bits per heavy atom. The van der Waals surface area contributed by atoms with Crippen LogP contribution in [0, 0.1) is 0 Å². The molecule has 2 aromatic carbocycles. The molecule has 40 heavy (non-hydrogen) atoms. The molecule has 2 heterocycles. The average molecular weight is 569 g/mol. The van der Waals surface area contributed by atoms with Gasteiger partial charge in [0.2, 0.25) is 5.72 Å². The van der Waals surface area contributed by atoms with Crippen LogP contribution >= 0.6 is 11.6 Å². The van der Waals surface area contributed by atoms with Crippen LogP contribution in [0.3, 0.4) is 0 Å². The third kappa shape index (κ3) is 5.76. The fraction of sp³-hybridized carbons (Fsp3) is 0.308. The van der Waals surface area contributed by atoms with Crippen molar-refractivity contribution in [1.29, 1.82) is 0 Å². The monoisotopic (exact) mass is 568 g/mol. The predicted octanol–water partition coefficient (Wildman–Crippen LogP) is 4.43. The van der Waals surface area contributed by atoms with Crippen LogP contribution in [0.1, 0.15) is 39.8 Å². The smallest absolute Gasteiger partial charge is 0.351 e. The molecule has 1 aliphatic heterocycles. The van der Waals surface area contributed by atoms with Gasteiger partial charge in [0.25, 0.3) is 0 Å². The first-order valence-corrected chi connectivity index (χ1v) is 12.6. The summed E-state index contributed by atoms with van der Waals surface area (Å²) in [5, 5.41) is 6.91. The maximum atomic E-state index is 16.1. The second kappa shape index (κ2) is 11.3. The lowest BCUT2D eigenvalue weighted by Crippen LogP contribution is -2.47. The number of anilines is 1. The first kappa shape index (κ1) is 27.1. The van der Waals surface area contributed by atoms with Crippen LogP contribution in [-0.4, -0.2) is 52.1 Å². The Morgan fingerprint density at radius 3 is 2.60 bits per heavy atom. The number of alkyl halides is 1. The van der Waals surface area contributed by atoms with E-state index in [1.54, 1.807) is 24.3 Å². The molecule has 1 saturated heterocycles. The lowest BCUT2D eigenvalue weighted by molar-refractivity contribution is -0.129. The Morgan fingerprint density at radius 1 is 1.18 bits per heavy atom. The second-order valence-electron chi connectivity index (χ2n) is 9.19. The van der Waals surface area contributed by atoms with Crippen LogP contribution in [-0.2, 0) is 14.2 Å². The number of aromatic nitrogens is 2. The lowest BCUT2D eigenvalue weighted by atomic mass is 10.1. The summed E-state index contributed by atoms with van der Waals surface area (Å²) in [7, 11) is 0. The highest BCUT2D eigenvalue weighted by molar-refractivity contribution is 6.30. The van der Waals surface area contributed by atoms with Gasteiger partial charge in [-0.2, -0.15) is 4.98 Å². The molecule has 4 atom stereocenters. The van der Waals surface area contributed by atoms with Crippen LogP contribution in [0.25, 0.3) is 10.4 Å². The van der Waals surface area contributed by atoms with Gasteiger partial charge in [-0.3, -0.25) is 4.57 Å². The van der Waals surface area contributed by atoms with Gasteiger partial charge in [0.15, 0.2) is 18.5 Å². The molecule has 0 bridgehead atoms. The van der Waals surface area contributed by atoms with Crippen molar-refractivity contribution in [3.63, 3.8) is 0 Å². The summed E-state index contributed by atoms with van der Waals surface area (Å²) in [6, 6.07) is 15.2. The van der Waals surface area contributed by atoms with Crippen LogP contribution in [0.4, 0.5) is 10.2 Å². The summed E-state index contributed by atoms with van der Waals surface area (Å²) in [5.41, 5.74) is 6.28. The van der Waals surface area contributed by atoms with Gasteiger partial charge in [-0.25, -0.2) is 18.8 Å². The van der Waals surface area contributed by atoms with Crippen molar-refractivity contribution in [2.75, 3.05) is 11.9 Å². The zero-order valence-corrected chi connectivity index (χ0v) is 21.5. The van der Waals surface area contributed by atoms with Crippen molar-refractivity contribution in [2.24, 2.45) is 5.11 Å². The molecule has 0 spiro atoms. The number of rotatable bonds is 9. The van der Waals surface area contributed by atoms with E-state index in [-0.39, 0.29) is 22.2 Å². The van der Waals surface area contributed by atoms with Gasteiger partial charge in [-0.05, 0) is 54.8 Å². The summed E-state index contributed by atoms with van der Waals surface area (Å²) >= 11 is 5.95. The molecule has 206 valence electrons. The van der Waals surface area contributed by atoms with E-state index in [4.69, 9.17) is 25.8 Å². The molecule has 0 amide bonds. The molecule has 5 rings (SSSR count). The molecular formula is C26H22ClFN6O6. The minimum Gasteiger partial charge on any atom is -0.459 e. The minimum absolute atomic E-state index is 0.0620. The van der Waals surface area contributed by atoms with Gasteiger partial charge in [-0.1, -0.05) is 41.0 Å². The normalized spacial score (nSPS) is 23.6. The maximum absolute atomic E-state index is 16.1. The number of esters is 2. The van der Waals surface area contributed by atoms with E-state index in [0.29, 0.717) is 5.82 Å². The number of carbonyl (C=O) groups excluding carboxylic acids is 2. The molecule has 1 saturated carbocycles. The lowest BCUT2D eigenvalue weighted by Gasteiger charge is -2.28. The van der Waals surface area contributed by atoms with Gasteiger partial charge in [0, 0.05) is 22.2 Å². The fourth-order valence-electron chi connectivity index (χ4n) is 4.16. The summed E-state index contributed by atoms with van der Waals surface area (Å²) in [6.45, 7) is -0.852. The number of hydrogen-bond acceptors (Lipinski definition) is 9. The summed E-state index contributed by atoms with van der Waals surface area (Å²) in [5.74, 6) is -1.54. The predicted molar refractivity (Wildman–Crippen MR) is 139 cm³/mol. The van der Waals surface area contributed by atoms with Gasteiger partial charge in [0.1, 0.15) is 12.4 Å². The van der Waals surface area contributed by atoms with E-state index in [1.165, 1.54) is 42.6 Å². The quantitative estimate of drug-likeness (QED) is 0.172. The molecule has 14 heteroatoms. The molecule has 2 fully saturated rings. The van der Waals surface area contributed by atoms with Crippen molar-refractivity contribution in [3.8, 4) is 0 Å². The van der Waals surface area contributed by atoms with E-state index in [2.05, 4.69) is 20.3 Å². The largest absolute Gasteiger partial charge is 0.459 e. The minimum atomic E-state index is -2.37. The molecule has 3 aromatic rings. The van der Waals surface area contributed by atoms with Crippen LogP contribution in [0.15, 0.2) is 76.8 Å². The average Bonchev–Trinajstić information content (AvgIpc) is 3.73. The molecule has 12 nitrogen and oxygen atoms in total. The number of benzene rings is 2. The Kier molecular flexibility index (Phi) is 7.69. The Labute approximate surface area is 231 Å². The number of azide groups is 1. The first-order valence-electron chi connectivity index (χ1n) is 12.2. The number of halogens is 2. The topological polar surface area (TPSA) is 158 Å². The van der Waals surface area contributed by atoms with E-state index in [1.807, 2.05) is 0 Å². The Balaban J connectivity index is 1.47. The molecule has 1 aromatic heterocycles.